The van der Waals surface area contributed by atoms with Crippen LogP contribution in [0.5, 0.6) is 0 Å². The fourth-order valence-corrected chi connectivity index (χ4v) is 2.66. The molecule has 0 bridgehead atoms. The predicted molar refractivity (Wildman–Crippen MR) is 96.1 cm³/mol. The van der Waals surface area contributed by atoms with Gasteiger partial charge in [0.15, 0.2) is 0 Å². The first-order valence-electron chi connectivity index (χ1n) is 8.64. The molecule has 2 aromatic carbocycles. The molecule has 0 unspecified atom stereocenters. The Morgan fingerprint density at radius 3 is 1.38 bits per heavy atom. The third-order valence-electron chi connectivity index (χ3n) is 4.01. The molecule has 4 rings (SSSR count). The van der Waals surface area contributed by atoms with Gasteiger partial charge in [0.2, 0.25) is 23.6 Å². The van der Waals surface area contributed by atoms with Gasteiger partial charge in [-0.05, 0) is 37.1 Å². The highest BCUT2D eigenvalue weighted by atomic mass is 16.4. The second-order valence-corrected chi connectivity index (χ2v) is 5.94. The van der Waals surface area contributed by atoms with E-state index in [1.54, 1.807) is 0 Å². The van der Waals surface area contributed by atoms with E-state index in [0.717, 1.165) is 36.8 Å². The summed E-state index contributed by atoms with van der Waals surface area (Å²) in [6.45, 7) is 0. The smallest absolute Gasteiger partial charge is 0.247 e. The number of benzene rings is 2. The number of unbranched alkanes of at least 4 members (excludes halogenated alkanes) is 1. The molecule has 0 N–H and O–H groups in total. The molecule has 6 nitrogen and oxygen atoms in total. The van der Waals surface area contributed by atoms with E-state index >= 15 is 0 Å². The van der Waals surface area contributed by atoms with E-state index in [4.69, 9.17) is 8.83 Å². The third-order valence-corrected chi connectivity index (χ3v) is 4.01. The van der Waals surface area contributed by atoms with Crippen molar-refractivity contribution in [3.63, 3.8) is 0 Å². The molecule has 0 radical (unpaired) electrons. The van der Waals surface area contributed by atoms with E-state index in [1.807, 2.05) is 60.7 Å². The molecule has 6 heteroatoms. The SMILES string of the molecule is c1ccc(-c2nnc(CCCCc3nnc(-c4ccccc4)o3)o2)cc1. The molecule has 0 spiro atoms. The van der Waals surface area contributed by atoms with Crippen molar-refractivity contribution in [1.82, 2.24) is 20.4 Å². The quantitative estimate of drug-likeness (QED) is 0.463. The minimum atomic E-state index is 0.560. The molecule has 2 heterocycles. The maximum absolute atomic E-state index is 5.71. The van der Waals surface area contributed by atoms with Gasteiger partial charge in [-0.25, -0.2) is 0 Å². The number of rotatable bonds is 7. The normalized spacial score (nSPS) is 10.9. The zero-order valence-electron chi connectivity index (χ0n) is 14.2. The molecule has 0 aliphatic heterocycles. The van der Waals surface area contributed by atoms with E-state index in [2.05, 4.69) is 20.4 Å². The Kier molecular flexibility index (Phi) is 4.82. The van der Waals surface area contributed by atoms with E-state index in [0.29, 0.717) is 23.6 Å². The summed E-state index contributed by atoms with van der Waals surface area (Å²) in [6, 6.07) is 19.5. The lowest BCUT2D eigenvalue weighted by Gasteiger charge is -1.96. The molecule has 26 heavy (non-hydrogen) atoms. The van der Waals surface area contributed by atoms with Crippen molar-refractivity contribution in [2.45, 2.75) is 25.7 Å². The largest absolute Gasteiger partial charge is 0.421 e. The molecule has 0 amide bonds. The molecule has 0 saturated carbocycles. The Hall–Kier alpha value is -3.28. The van der Waals surface area contributed by atoms with Crippen LogP contribution in [-0.4, -0.2) is 20.4 Å². The first-order valence-corrected chi connectivity index (χ1v) is 8.64. The van der Waals surface area contributed by atoms with Crippen molar-refractivity contribution in [3.05, 3.63) is 72.4 Å². The van der Waals surface area contributed by atoms with Crippen LogP contribution in [-0.2, 0) is 12.8 Å². The van der Waals surface area contributed by atoms with Crippen LogP contribution in [0.2, 0.25) is 0 Å². The van der Waals surface area contributed by atoms with Crippen molar-refractivity contribution < 1.29 is 8.83 Å². The van der Waals surface area contributed by atoms with Crippen molar-refractivity contribution in [2.75, 3.05) is 0 Å². The van der Waals surface area contributed by atoms with E-state index in [-0.39, 0.29) is 0 Å². The Morgan fingerprint density at radius 2 is 0.962 bits per heavy atom. The Morgan fingerprint density at radius 1 is 0.538 bits per heavy atom. The van der Waals surface area contributed by atoms with Crippen molar-refractivity contribution in [2.24, 2.45) is 0 Å². The Balaban J connectivity index is 1.27. The summed E-state index contributed by atoms with van der Waals surface area (Å²) in [6.07, 6.45) is 3.30. The van der Waals surface area contributed by atoms with Gasteiger partial charge in [0.1, 0.15) is 0 Å². The lowest BCUT2D eigenvalue weighted by atomic mass is 10.2. The highest BCUT2D eigenvalue weighted by molar-refractivity contribution is 5.52. The summed E-state index contributed by atoms with van der Waals surface area (Å²) in [5, 5.41) is 16.4. The molecule has 4 aromatic rings. The van der Waals surface area contributed by atoms with Crippen molar-refractivity contribution in [3.8, 4) is 22.9 Å². The van der Waals surface area contributed by atoms with Gasteiger partial charge in [0, 0.05) is 24.0 Å². The fraction of sp³-hybridized carbons (Fsp3) is 0.200. The summed E-state index contributed by atoms with van der Waals surface area (Å²) in [7, 11) is 0. The van der Waals surface area contributed by atoms with Gasteiger partial charge in [-0.3, -0.25) is 0 Å². The number of hydrogen-bond donors (Lipinski definition) is 0. The first-order chi connectivity index (χ1) is 12.9. The average molecular weight is 346 g/mol. The summed E-state index contributed by atoms with van der Waals surface area (Å²) in [5.74, 6) is 2.42. The number of aryl methyl sites for hydroxylation is 2. The average Bonchev–Trinajstić information content (AvgIpc) is 3.37. The van der Waals surface area contributed by atoms with E-state index < -0.39 is 0 Å². The van der Waals surface area contributed by atoms with Crippen LogP contribution in [0.15, 0.2) is 69.5 Å². The number of aromatic nitrogens is 4. The standard InChI is InChI=1S/C20H18N4O2/c1-3-9-15(10-4-1)19-23-21-17(25-19)13-7-8-14-18-22-24-20(26-18)16-11-5-2-6-12-16/h1-6,9-12H,7-8,13-14H2. The van der Waals surface area contributed by atoms with Gasteiger partial charge in [-0.15, -0.1) is 20.4 Å². The number of nitrogens with zero attached hydrogens (tertiary/aromatic N) is 4. The zero-order chi connectivity index (χ0) is 17.6. The van der Waals surface area contributed by atoms with Crippen LogP contribution in [0.3, 0.4) is 0 Å². The van der Waals surface area contributed by atoms with Crippen molar-refractivity contribution in [1.29, 1.82) is 0 Å². The summed E-state index contributed by atoms with van der Waals surface area (Å²) in [4.78, 5) is 0. The maximum Gasteiger partial charge on any atom is 0.247 e. The van der Waals surface area contributed by atoms with Gasteiger partial charge in [-0.2, -0.15) is 0 Å². The molecule has 0 fully saturated rings. The molecule has 0 saturated heterocycles. The summed E-state index contributed by atoms with van der Waals surface area (Å²) in [5.41, 5.74) is 1.87. The second kappa shape index (κ2) is 7.74. The van der Waals surface area contributed by atoms with Crippen molar-refractivity contribution >= 4 is 0 Å². The molecule has 0 atom stereocenters. The van der Waals surface area contributed by atoms with Crippen LogP contribution in [0.1, 0.15) is 24.6 Å². The van der Waals surface area contributed by atoms with Crippen LogP contribution in [0, 0.1) is 0 Å². The molecular formula is C20H18N4O2. The van der Waals surface area contributed by atoms with E-state index in [9.17, 15) is 0 Å². The summed E-state index contributed by atoms with van der Waals surface area (Å²) < 4.78 is 11.4. The fourth-order valence-electron chi connectivity index (χ4n) is 2.66. The van der Waals surface area contributed by atoms with Crippen LogP contribution in [0.25, 0.3) is 22.9 Å². The topological polar surface area (TPSA) is 77.8 Å². The highest BCUT2D eigenvalue weighted by Crippen LogP contribution is 2.19. The van der Waals surface area contributed by atoms with Gasteiger partial charge >= 0.3 is 0 Å². The highest BCUT2D eigenvalue weighted by Gasteiger charge is 2.10. The predicted octanol–water partition coefficient (Wildman–Crippen LogP) is 4.35. The maximum atomic E-state index is 5.71. The minimum absolute atomic E-state index is 0.560. The van der Waals surface area contributed by atoms with Gasteiger partial charge in [0.25, 0.3) is 0 Å². The second-order valence-electron chi connectivity index (χ2n) is 5.94. The van der Waals surface area contributed by atoms with Gasteiger partial charge in [-0.1, -0.05) is 36.4 Å². The third kappa shape index (κ3) is 3.85. The van der Waals surface area contributed by atoms with Crippen LogP contribution < -0.4 is 0 Å². The molecule has 130 valence electrons. The van der Waals surface area contributed by atoms with Crippen LogP contribution >= 0.6 is 0 Å². The minimum Gasteiger partial charge on any atom is -0.421 e. The van der Waals surface area contributed by atoms with Gasteiger partial charge < -0.3 is 8.83 Å². The molecular weight excluding hydrogens is 328 g/mol. The van der Waals surface area contributed by atoms with E-state index in [1.165, 1.54) is 0 Å². The Bertz CT molecular complexity index is 868. The monoisotopic (exact) mass is 346 g/mol. The van der Waals surface area contributed by atoms with Crippen LogP contribution in [0.4, 0.5) is 0 Å². The number of hydrogen-bond acceptors (Lipinski definition) is 6. The zero-order valence-corrected chi connectivity index (χ0v) is 14.2. The molecule has 0 aliphatic carbocycles. The lowest BCUT2D eigenvalue weighted by Crippen LogP contribution is -1.90. The lowest BCUT2D eigenvalue weighted by molar-refractivity contribution is 0.472. The Labute approximate surface area is 150 Å². The van der Waals surface area contributed by atoms with Gasteiger partial charge in [0.05, 0.1) is 0 Å². The summed E-state index contributed by atoms with van der Waals surface area (Å²) >= 11 is 0. The first kappa shape index (κ1) is 16.2. The molecule has 2 aromatic heterocycles. The molecule has 0 aliphatic rings.